The van der Waals surface area contributed by atoms with E-state index in [1.54, 1.807) is 12.1 Å². The molecule has 2 heterocycles. The van der Waals surface area contributed by atoms with Gasteiger partial charge in [0, 0.05) is 30.3 Å². The number of nitrogens with zero attached hydrogens (tertiary/aromatic N) is 3. The van der Waals surface area contributed by atoms with Crippen molar-refractivity contribution in [2.24, 2.45) is 0 Å². The molecule has 1 amide bonds. The van der Waals surface area contributed by atoms with Crippen LogP contribution in [0.25, 0.3) is 5.69 Å². The molecule has 0 saturated carbocycles. The summed E-state index contributed by atoms with van der Waals surface area (Å²) in [4.78, 5) is 16.5. The van der Waals surface area contributed by atoms with Gasteiger partial charge in [0.05, 0.1) is 0 Å². The van der Waals surface area contributed by atoms with Gasteiger partial charge in [-0.2, -0.15) is 5.10 Å². The highest BCUT2D eigenvalue weighted by Gasteiger charge is 2.18. The Morgan fingerprint density at radius 1 is 1.24 bits per heavy atom. The number of carbonyl (C=O) groups is 1. The number of carbonyl (C=O) groups excluding carboxylic acids is 1. The van der Waals surface area contributed by atoms with Gasteiger partial charge in [-0.3, -0.25) is 4.79 Å². The number of amides is 1. The molecule has 3 aromatic rings. The molecule has 0 unspecified atom stereocenters. The van der Waals surface area contributed by atoms with Crippen LogP contribution >= 0.6 is 23.4 Å². The molecule has 128 valence electrons. The lowest BCUT2D eigenvalue weighted by Crippen LogP contribution is -2.18. The summed E-state index contributed by atoms with van der Waals surface area (Å²) in [7, 11) is 1.46. The van der Waals surface area contributed by atoms with Gasteiger partial charge >= 0.3 is 0 Å². The average Bonchev–Trinajstić information content (AvgIpc) is 3.02. The number of rotatable bonds is 4. The first-order chi connectivity index (χ1) is 12.0. The average molecular weight is 381 g/mol. The molecule has 9 heteroatoms. The third-order valence-corrected chi connectivity index (χ3v) is 4.40. The van der Waals surface area contributed by atoms with Crippen molar-refractivity contribution < 1.29 is 13.6 Å². The van der Waals surface area contributed by atoms with E-state index in [0.717, 1.165) is 18.2 Å². The summed E-state index contributed by atoms with van der Waals surface area (Å²) in [5, 5.41) is 7.30. The normalized spacial score (nSPS) is 10.7. The second-order valence-corrected chi connectivity index (χ2v) is 6.35. The topological polar surface area (TPSA) is 59.8 Å². The Morgan fingerprint density at radius 2 is 2.04 bits per heavy atom. The number of nitrogens with one attached hydrogen (secondary N) is 1. The van der Waals surface area contributed by atoms with Gasteiger partial charge in [0.2, 0.25) is 0 Å². The third kappa shape index (κ3) is 3.80. The third-order valence-electron chi connectivity index (χ3n) is 3.20. The van der Waals surface area contributed by atoms with Crippen LogP contribution in [-0.4, -0.2) is 27.7 Å². The summed E-state index contributed by atoms with van der Waals surface area (Å²) >= 11 is 6.95. The molecule has 25 heavy (non-hydrogen) atoms. The minimum absolute atomic E-state index is 0.0792. The minimum Gasteiger partial charge on any atom is -0.354 e. The Bertz CT molecular complexity index is 930. The Hall–Kier alpha value is -2.45. The lowest BCUT2D eigenvalue weighted by molar-refractivity contribution is 0.0957. The molecule has 0 fully saturated rings. The minimum atomic E-state index is -0.663. The Balaban J connectivity index is 2.09. The first kappa shape index (κ1) is 17.4. The van der Waals surface area contributed by atoms with Crippen molar-refractivity contribution in [1.82, 2.24) is 20.1 Å². The summed E-state index contributed by atoms with van der Waals surface area (Å²) in [5.41, 5.74) is -0.0184. The van der Waals surface area contributed by atoms with Crippen LogP contribution in [0, 0.1) is 11.6 Å². The SMILES string of the molecule is CNC(=O)c1cc(Sc2ccc(Cl)nc2)n(-c2cc(F)ccc2F)n1. The first-order valence-corrected chi connectivity index (χ1v) is 8.24. The van der Waals surface area contributed by atoms with Gasteiger partial charge < -0.3 is 5.32 Å². The number of pyridine rings is 1. The summed E-state index contributed by atoms with van der Waals surface area (Å²) in [5.74, 6) is -1.71. The highest BCUT2D eigenvalue weighted by atomic mass is 35.5. The van der Waals surface area contributed by atoms with Crippen LogP contribution in [-0.2, 0) is 0 Å². The second-order valence-electron chi connectivity index (χ2n) is 4.87. The molecule has 0 spiro atoms. The second kappa shape index (κ2) is 7.20. The van der Waals surface area contributed by atoms with Crippen molar-refractivity contribution in [3.05, 3.63) is 65.1 Å². The summed E-state index contributed by atoms with van der Waals surface area (Å²) in [6.07, 6.45) is 1.53. The Kier molecular flexibility index (Phi) is 5.00. The monoisotopic (exact) mass is 380 g/mol. The van der Waals surface area contributed by atoms with E-state index in [4.69, 9.17) is 11.6 Å². The summed E-state index contributed by atoms with van der Waals surface area (Å²) < 4.78 is 28.9. The standard InChI is InChI=1S/C16H11ClF2N4OS/c1-20-16(24)12-7-15(25-10-3-5-14(17)21-8-10)23(22-12)13-6-9(18)2-4-11(13)19/h2-8H,1H3,(H,20,24). The Morgan fingerprint density at radius 3 is 2.72 bits per heavy atom. The fourth-order valence-corrected chi connectivity index (χ4v) is 3.03. The summed E-state index contributed by atoms with van der Waals surface area (Å²) in [6, 6.07) is 7.84. The number of benzene rings is 1. The lowest BCUT2D eigenvalue weighted by Gasteiger charge is -2.08. The van der Waals surface area contributed by atoms with Crippen molar-refractivity contribution >= 4 is 29.3 Å². The fraction of sp³-hybridized carbons (Fsp3) is 0.0625. The van der Waals surface area contributed by atoms with Crippen molar-refractivity contribution in [3.63, 3.8) is 0 Å². The van der Waals surface area contributed by atoms with Gasteiger partial charge in [-0.05, 0) is 24.3 Å². The molecule has 1 aromatic carbocycles. The smallest absolute Gasteiger partial charge is 0.271 e. The van der Waals surface area contributed by atoms with E-state index < -0.39 is 17.5 Å². The molecular formula is C16H11ClF2N4OS. The zero-order chi connectivity index (χ0) is 18.0. The van der Waals surface area contributed by atoms with Gasteiger partial charge in [-0.1, -0.05) is 23.4 Å². The van der Waals surface area contributed by atoms with Crippen molar-refractivity contribution in [2.75, 3.05) is 7.05 Å². The number of hydrogen-bond acceptors (Lipinski definition) is 4. The molecule has 5 nitrogen and oxygen atoms in total. The van der Waals surface area contributed by atoms with Crippen LogP contribution in [0.3, 0.4) is 0 Å². The molecule has 0 aliphatic heterocycles. The number of hydrogen-bond donors (Lipinski definition) is 1. The maximum absolute atomic E-state index is 14.2. The van der Waals surface area contributed by atoms with Gasteiger partial charge in [0.25, 0.3) is 5.91 Å². The molecule has 0 radical (unpaired) electrons. The fourth-order valence-electron chi connectivity index (χ4n) is 2.04. The zero-order valence-corrected chi connectivity index (χ0v) is 14.4. The molecule has 0 aliphatic carbocycles. The molecule has 0 bridgehead atoms. The number of aromatic nitrogens is 3. The van der Waals surface area contributed by atoms with E-state index >= 15 is 0 Å². The van der Waals surface area contributed by atoms with Gasteiger partial charge in [-0.25, -0.2) is 18.4 Å². The summed E-state index contributed by atoms with van der Waals surface area (Å²) in [6.45, 7) is 0. The molecule has 0 aliphatic rings. The van der Waals surface area contributed by atoms with Gasteiger partial charge in [0.1, 0.15) is 27.5 Å². The molecular weight excluding hydrogens is 370 g/mol. The van der Waals surface area contributed by atoms with E-state index in [2.05, 4.69) is 15.4 Å². The van der Waals surface area contributed by atoms with Crippen LogP contribution in [0.2, 0.25) is 5.15 Å². The van der Waals surface area contributed by atoms with E-state index in [9.17, 15) is 13.6 Å². The quantitative estimate of drug-likeness (QED) is 0.701. The van der Waals surface area contributed by atoms with E-state index in [1.807, 2.05) is 0 Å². The molecule has 1 N–H and O–H groups in total. The van der Waals surface area contributed by atoms with E-state index in [1.165, 1.54) is 35.8 Å². The molecule has 2 aromatic heterocycles. The van der Waals surface area contributed by atoms with Gasteiger partial charge in [-0.15, -0.1) is 0 Å². The van der Waals surface area contributed by atoms with Crippen molar-refractivity contribution in [1.29, 1.82) is 0 Å². The van der Waals surface area contributed by atoms with Crippen LogP contribution < -0.4 is 5.32 Å². The van der Waals surface area contributed by atoms with Gasteiger partial charge in [0.15, 0.2) is 5.69 Å². The van der Waals surface area contributed by atoms with Crippen LogP contribution in [0.5, 0.6) is 0 Å². The van der Waals surface area contributed by atoms with Crippen molar-refractivity contribution in [2.45, 2.75) is 9.92 Å². The lowest BCUT2D eigenvalue weighted by atomic mass is 10.3. The van der Waals surface area contributed by atoms with E-state index in [-0.39, 0.29) is 11.4 Å². The highest BCUT2D eigenvalue weighted by molar-refractivity contribution is 7.99. The maximum atomic E-state index is 14.2. The predicted octanol–water partition coefficient (Wildman–Crippen LogP) is 3.71. The van der Waals surface area contributed by atoms with Crippen molar-refractivity contribution in [3.8, 4) is 5.69 Å². The van der Waals surface area contributed by atoms with Crippen LogP contribution in [0.1, 0.15) is 10.5 Å². The zero-order valence-electron chi connectivity index (χ0n) is 12.8. The van der Waals surface area contributed by atoms with Crippen LogP contribution in [0.4, 0.5) is 8.78 Å². The van der Waals surface area contributed by atoms with E-state index in [0.29, 0.717) is 15.1 Å². The maximum Gasteiger partial charge on any atom is 0.271 e. The largest absolute Gasteiger partial charge is 0.354 e. The number of halogens is 3. The molecule has 0 atom stereocenters. The molecule has 0 saturated heterocycles. The molecule has 3 rings (SSSR count). The van der Waals surface area contributed by atoms with Crippen LogP contribution in [0.15, 0.2) is 52.5 Å². The highest BCUT2D eigenvalue weighted by Crippen LogP contribution is 2.31. The Labute approximate surface area is 151 Å². The first-order valence-electron chi connectivity index (χ1n) is 7.05. The predicted molar refractivity (Wildman–Crippen MR) is 90.2 cm³/mol.